The van der Waals surface area contributed by atoms with Crippen LogP contribution in [-0.4, -0.2) is 9.55 Å². The highest BCUT2D eigenvalue weighted by atomic mass is 35.5. The predicted molar refractivity (Wildman–Crippen MR) is 75.4 cm³/mol. The minimum absolute atomic E-state index is 0.503. The summed E-state index contributed by atoms with van der Waals surface area (Å²) in [5.74, 6) is 0.503. The number of halogens is 1. The molecule has 1 heterocycles. The lowest BCUT2D eigenvalue weighted by molar-refractivity contribution is 1.06. The van der Waals surface area contributed by atoms with Crippen molar-refractivity contribution in [3.63, 3.8) is 0 Å². The number of benzene rings is 2. The highest BCUT2D eigenvalue weighted by molar-refractivity contribution is 6.17. The van der Waals surface area contributed by atoms with Gasteiger partial charge in [0.05, 0.1) is 16.7 Å². The molecule has 0 atom stereocenters. The number of rotatable bonds is 2. The van der Waals surface area contributed by atoms with E-state index in [2.05, 4.69) is 40.7 Å². The Hall–Kier alpha value is -1.80. The lowest BCUT2D eigenvalue weighted by Gasteiger charge is -2.10. The number of aromatic nitrogens is 2. The Morgan fingerprint density at radius 1 is 1.17 bits per heavy atom. The van der Waals surface area contributed by atoms with E-state index in [-0.39, 0.29) is 0 Å². The lowest BCUT2D eigenvalue weighted by atomic mass is 10.1. The molecule has 0 radical (unpaired) electrons. The zero-order valence-electron chi connectivity index (χ0n) is 10.1. The van der Waals surface area contributed by atoms with Gasteiger partial charge in [-0.3, -0.25) is 4.57 Å². The first-order valence-corrected chi connectivity index (χ1v) is 6.41. The van der Waals surface area contributed by atoms with E-state index >= 15 is 0 Å². The van der Waals surface area contributed by atoms with Crippen LogP contribution >= 0.6 is 11.6 Å². The van der Waals surface area contributed by atoms with Crippen LogP contribution < -0.4 is 0 Å². The van der Waals surface area contributed by atoms with Crippen LogP contribution in [0.5, 0.6) is 0 Å². The van der Waals surface area contributed by atoms with Gasteiger partial charge in [-0.1, -0.05) is 29.8 Å². The molecule has 3 heteroatoms. The normalized spacial score (nSPS) is 11.0. The maximum Gasteiger partial charge on any atom is 0.100 e. The Balaban J connectivity index is 2.26. The standard InChI is InChI=1S/C15H13ClN2/c1-11-6-7-14(12(8-11)9-16)18-10-17-13-4-2-3-5-15(13)18/h2-8,10H,9H2,1H3. The molecule has 3 aromatic rings. The molecule has 0 amide bonds. The van der Waals surface area contributed by atoms with Gasteiger partial charge in [-0.2, -0.15) is 0 Å². The monoisotopic (exact) mass is 256 g/mol. The van der Waals surface area contributed by atoms with Gasteiger partial charge in [-0.15, -0.1) is 11.6 Å². The van der Waals surface area contributed by atoms with E-state index in [0.717, 1.165) is 22.3 Å². The van der Waals surface area contributed by atoms with Crippen LogP contribution in [0.4, 0.5) is 0 Å². The molecule has 0 unspecified atom stereocenters. The second-order valence-electron chi connectivity index (χ2n) is 4.37. The number of para-hydroxylation sites is 2. The largest absolute Gasteiger partial charge is 0.299 e. The minimum Gasteiger partial charge on any atom is -0.299 e. The number of aryl methyl sites for hydroxylation is 1. The molecule has 90 valence electrons. The molecular formula is C15H13ClN2. The fraction of sp³-hybridized carbons (Fsp3) is 0.133. The fourth-order valence-corrected chi connectivity index (χ4v) is 2.42. The van der Waals surface area contributed by atoms with E-state index in [9.17, 15) is 0 Å². The number of nitrogens with zero attached hydrogens (tertiary/aromatic N) is 2. The highest BCUT2D eigenvalue weighted by Crippen LogP contribution is 2.23. The molecule has 0 bridgehead atoms. The van der Waals surface area contributed by atoms with Crippen LogP contribution in [0.15, 0.2) is 48.8 Å². The average Bonchev–Trinajstić information content (AvgIpc) is 2.82. The number of alkyl halides is 1. The molecular weight excluding hydrogens is 244 g/mol. The molecule has 2 aromatic carbocycles. The minimum atomic E-state index is 0.503. The first kappa shape index (κ1) is 11.3. The van der Waals surface area contributed by atoms with Gasteiger partial charge >= 0.3 is 0 Å². The summed E-state index contributed by atoms with van der Waals surface area (Å²) < 4.78 is 2.09. The van der Waals surface area contributed by atoms with Crippen molar-refractivity contribution < 1.29 is 0 Å². The summed E-state index contributed by atoms with van der Waals surface area (Å²) in [6.45, 7) is 2.08. The Labute approximate surface area is 111 Å². The van der Waals surface area contributed by atoms with Crippen molar-refractivity contribution in [3.05, 3.63) is 59.9 Å². The van der Waals surface area contributed by atoms with E-state index < -0.39 is 0 Å². The molecule has 0 aliphatic carbocycles. The molecule has 2 nitrogen and oxygen atoms in total. The van der Waals surface area contributed by atoms with Crippen molar-refractivity contribution in [1.82, 2.24) is 9.55 Å². The maximum atomic E-state index is 6.04. The number of hydrogen-bond acceptors (Lipinski definition) is 1. The molecule has 0 spiro atoms. The van der Waals surface area contributed by atoms with Crippen LogP contribution in [0.3, 0.4) is 0 Å². The van der Waals surface area contributed by atoms with Crippen molar-refractivity contribution in [1.29, 1.82) is 0 Å². The van der Waals surface area contributed by atoms with Crippen LogP contribution in [-0.2, 0) is 5.88 Å². The Kier molecular flexibility index (Phi) is 2.80. The van der Waals surface area contributed by atoms with Crippen LogP contribution in [0, 0.1) is 6.92 Å². The predicted octanol–water partition coefficient (Wildman–Crippen LogP) is 4.07. The summed E-state index contributed by atoms with van der Waals surface area (Å²) in [7, 11) is 0. The quantitative estimate of drug-likeness (QED) is 0.632. The summed E-state index contributed by atoms with van der Waals surface area (Å²) in [6.07, 6.45) is 1.85. The van der Waals surface area contributed by atoms with Crippen molar-refractivity contribution in [2.24, 2.45) is 0 Å². The van der Waals surface area contributed by atoms with E-state index in [4.69, 9.17) is 11.6 Å². The second-order valence-corrected chi connectivity index (χ2v) is 4.64. The van der Waals surface area contributed by atoms with Gasteiger partial charge in [-0.25, -0.2) is 4.98 Å². The second kappa shape index (κ2) is 4.46. The van der Waals surface area contributed by atoms with Crippen LogP contribution in [0.2, 0.25) is 0 Å². The topological polar surface area (TPSA) is 17.8 Å². The highest BCUT2D eigenvalue weighted by Gasteiger charge is 2.08. The van der Waals surface area contributed by atoms with Crippen molar-refractivity contribution in [2.45, 2.75) is 12.8 Å². The third kappa shape index (κ3) is 1.79. The molecule has 0 aliphatic heterocycles. The van der Waals surface area contributed by atoms with Crippen molar-refractivity contribution in [3.8, 4) is 5.69 Å². The Morgan fingerprint density at radius 2 is 2.00 bits per heavy atom. The van der Waals surface area contributed by atoms with Gasteiger partial charge in [0.15, 0.2) is 0 Å². The maximum absolute atomic E-state index is 6.04. The number of fused-ring (bicyclic) bond motifs is 1. The smallest absolute Gasteiger partial charge is 0.100 e. The first-order valence-electron chi connectivity index (χ1n) is 5.87. The van der Waals surface area contributed by atoms with Crippen LogP contribution in [0.1, 0.15) is 11.1 Å². The van der Waals surface area contributed by atoms with Crippen molar-refractivity contribution >= 4 is 22.6 Å². The van der Waals surface area contributed by atoms with Crippen molar-refractivity contribution in [2.75, 3.05) is 0 Å². The molecule has 0 saturated carbocycles. The van der Waals surface area contributed by atoms with Gasteiger partial charge in [0, 0.05) is 5.88 Å². The van der Waals surface area contributed by atoms with E-state index in [0.29, 0.717) is 5.88 Å². The molecule has 0 saturated heterocycles. The van der Waals surface area contributed by atoms with Gasteiger partial charge in [0.1, 0.15) is 6.33 Å². The van der Waals surface area contributed by atoms with E-state index in [1.54, 1.807) is 0 Å². The summed E-state index contributed by atoms with van der Waals surface area (Å²) in [4.78, 5) is 4.41. The Morgan fingerprint density at radius 3 is 2.83 bits per heavy atom. The summed E-state index contributed by atoms with van der Waals surface area (Å²) >= 11 is 6.04. The molecule has 1 aromatic heterocycles. The van der Waals surface area contributed by atoms with E-state index in [1.165, 1.54) is 5.56 Å². The molecule has 0 N–H and O–H groups in total. The number of hydrogen-bond donors (Lipinski definition) is 0. The van der Waals surface area contributed by atoms with E-state index in [1.807, 2.05) is 24.5 Å². The zero-order valence-corrected chi connectivity index (χ0v) is 10.9. The number of imidazole rings is 1. The SMILES string of the molecule is Cc1ccc(-n2cnc3ccccc32)c(CCl)c1. The zero-order chi connectivity index (χ0) is 12.5. The lowest BCUT2D eigenvalue weighted by Crippen LogP contribution is -1.97. The molecule has 0 fully saturated rings. The molecule has 0 aliphatic rings. The van der Waals surface area contributed by atoms with Gasteiger partial charge in [0.25, 0.3) is 0 Å². The van der Waals surface area contributed by atoms with Crippen LogP contribution in [0.25, 0.3) is 16.7 Å². The summed E-state index contributed by atoms with van der Waals surface area (Å²) in [5, 5.41) is 0. The first-order chi connectivity index (χ1) is 8.79. The Bertz CT molecular complexity index is 701. The van der Waals surface area contributed by atoms with Gasteiger partial charge in [-0.05, 0) is 30.7 Å². The van der Waals surface area contributed by atoms with Gasteiger partial charge in [0.2, 0.25) is 0 Å². The average molecular weight is 257 g/mol. The third-order valence-electron chi connectivity index (χ3n) is 3.09. The fourth-order valence-electron chi connectivity index (χ4n) is 2.21. The summed E-state index contributed by atoms with van der Waals surface area (Å²) in [6, 6.07) is 14.4. The van der Waals surface area contributed by atoms with Gasteiger partial charge < -0.3 is 0 Å². The third-order valence-corrected chi connectivity index (χ3v) is 3.38. The molecule has 18 heavy (non-hydrogen) atoms. The summed E-state index contributed by atoms with van der Waals surface area (Å²) in [5.41, 5.74) is 5.55. The molecule has 3 rings (SSSR count).